The van der Waals surface area contributed by atoms with E-state index in [2.05, 4.69) is 5.32 Å². The largest absolute Gasteiger partial charge is 0.394 e. The minimum Gasteiger partial charge on any atom is -0.394 e. The minimum atomic E-state index is -0.938. The number of carbonyl (C=O) groups is 1. The van der Waals surface area contributed by atoms with E-state index >= 15 is 0 Å². The molecule has 1 aliphatic rings. The summed E-state index contributed by atoms with van der Waals surface area (Å²) in [4.78, 5) is 25.5. The van der Waals surface area contributed by atoms with Crippen LogP contribution in [0.4, 0.5) is 0 Å². The van der Waals surface area contributed by atoms with Gasteiger partial charge in [-0.2, -0.15) is 0 Å². The third-order valence-electron chi connectivity index (χ3n) is 5.86. The van der Waals surface area contributed by atoms with E-state index in [-0.39, 0.29) is 41.8 Å². The Kier molecular flexibility index (Phi) is 8.31. The summed E-state index contributed by atoms with van der Waals surface area (Å²) in [7, 11) is 0. The van der Waals surface area contributed by atoms with Gasteiger partial charge >= 0.3 is 5.69 Å². The van der Waals surface area contributed by atoms with Crippen LogP contribution >= 0.6 is 11.6 Å². The number of amides is 1. The molecule has 170 valence electrons. The maximum absolute atomic E-state index is 12.8. The number of hydrogen-bond donors (Lipinski definition) is 4. The predicted octanol–water partition coefficient (Wildman–Crippen LogP) is 2.05. The van der Waals surface area contributed by atoms with Crippen molar-refractivity contribution >= 4 is 17.5 Å². The van der Waals surface area contributed by atoms with Gasteiger partial charge in [-0.3, -0.25) is 13.9 Å². The maximum atomic E-state index is 12.8. The first-order chi connectivity index (χ1) is 14.9. The monoisotopic (exact) mass is 451 g/mol. The second-order valence-electron chi connectivity index (χ2n) is 8.10. The number of nitrogens with one attached hydrogen (secondary N) is 1. The van der Waals surface area contributed by atoms with Crippen LogP contribution in [0.3, 0.4) is 0 Å². The van der Waals surface area contributed by atoms with Crippen molar-refractivity contribution in [3.05, 3.63) is 51.7 Å². The van der Waals surface area contributed by atoms with Gasteiger partial charge in [0, 0.05) is 24.9 Å². The van der Waals surface area contributed by atoms with Gasteiger partial charge in [0.05, 0.1) is 29.0 Å². The molecule has 0 saturated heterocycles. The molecule has 4 N–H and O–H groups in total. The molecule has 2 aromatic rings. The quantitative estimate of drug-likeness (QED) is 0.362. The van der Waals surface area contributed by atoms with Crippen molar-refractivity contribution in [3.8, 4) is 5.69 Å². The Morgan fingerprint density at radius 1 is 1.16 bits per heavy atom. The highest BCUT2D eigenvalue weighted by molar-refractivity contribution is 6.33. The molecular weight excluding hydrogens is 422 g/mol. The summed E-state index contributed by atoms with van der Waals surface area (Å²) in [5, 5.41) is 31.8. The number of rotatable bonds is 8. The fourth-order valence-electron chi connectivity index (χ4n) is 3.95. The number of benzene rings is 1. The van der Waals surface area contributed by atoms with Gasteiger partial charge in [0.15, 0.2) is 0 Å². The highest BCUT2D eigenvalue weighted by Gasteiger charge is 2.24. The minimum absolute atomic E-state index is 0.0272. The van der Waals surface area contributed by atoms with Crippen LogP contribution in [0.5, 0.6) is 0 Å². The zero-order valence-electron chi connectivity index (χ0n) is 17.4. The Labute approximate surface area is 186 Å². The van der Waals surface area contributed by atoms with Gasteiger partial charge in [-0.15, -0.1) is 0 Å². The first-order valence-electron chi connectivity index (χ1n) is 10.8. The second-order valence-corrected chi connectivity index (χ2v) is 8.51. The predicted molar refractivity (Wildman–Crippen MR) is 117 cm³/mol. The smallest absolute Gasteiger partial charge is 0.332 e. The van der Waals surface area contributed by atoms with Crippen LogP contribution in [0, 0.1) is 5.92 Å². The standard InChI is InChI=1S/C22H30ClN3O5/c23-19-8-7-16(26-12-11-25(22(26)31)10-9-17(28)14-27)13-18(19)21(30)24-20(29)15-5-3-1-2-4-6-15/h7-8,11-13,15,17,20,27-29H,1-6,9-10,14H2,(H,24,30). The van der Waals surface area contributed by atoms with Crippen LogP contribution in [0.25, 0.3) is 5.69 Å². The molecule has 3 rings (SSSR count). The van der Waals surface area contributed by atoms with E-state index in [1.165, 1.54) is 15.2 Å². The Hall–Kier alpha value is -2.13. The summed E-state index contributed by atoms with van der Waals surface area (Å²) in [5.41, 5.74) is 0.310. The summed E-state index contributed by atoms with van der Waals surface area (Å²) in [6.07, 6.45) is 7.71. The Morgan fingerprint density at radius 2 is 1.87 bits per heavy atom. The highest BCUT2D eigenvalue weighted by atomic mass is 35.5. The van der Waals surface area contributed by atoms with Crippen LogP contribution in [-0.4, -0.2) is 49.3 Å². The molecule has 1 aliphatic carbocycles. The summed E-state index contributed by atoms with van der Waals surface area (Å²) in [6.45, 7) is -0.111. The number of hydrogen-bond acceptors (Lipinski definition) is 5. The number of aliphatic hydroxyl groups excluding tert-OH is 3. The third-order valence-corrected chi connectivity index (χ3v) is 6.19. The lowest BCUT2D eigenvalue weighted by Crippen LogP contribution is -2.40. The van der Waals surface area contributed by atoms with Crippen molar-refractivity contribution in [2.24, 2.45) is 5.92 Å². The summed E-state index contributed by atoms with van der Waals surface area (Å²) < 4.78 is 2.79. The van der Waals surface area contributed by atoms with Gasteiger partial charge in [-0.1, -0.05) is 37.3 Å². The van der Waals surface area contributed by atoms with Crippen LogP contribution < -0.4 is 11.0 Å². The molecule has 31 heavy (non-hydrogen) atoms. The second kappa shape index (κ2) is 10.9. The molecule has 2 unspecified atom stereocenters. The number of aliphatic hydroxyl groups is 3. The first kappa shape index (κ1) is 23.5. The summed E-state index contributed by atoms with van der Waals surface area (Å²) >= 11 is 6.23. The number of imidazole rings is 1. The van der Waals surface area contributed by atoms with Crippen molar-refractivity contribution in [2.75, 3.05) is 6.61 Å². The van der Waals surface area contributed by atoms with E-state index in [9.17, 15) is 19.8 Å². The molecule has 1 amide bonds. The number of halogens is 1. The molecule has 1 fully saturated rings. The lowest BCUT2D eigenvalue weighted by molar-refractivity contribution is 0.0532. The lowest BCUT2D eigenvalue weighted by atomic mass is 9.98. The highest BCUT2D eigenvalue weighted by Crippen LogP contribution is 2.25. The molecule has 1 aromatic heterocycles. The van der Waals surface area contributed by atoms with E-state index in [0.717, 1.165) is 38.5 Å². The maximum Gasteiger partial charge on any atom is 0.332 e. The fourth-order valence-corrected chi connectivity index (χ4v) is 4.16. The molecule has 1 heterocycles. The van der Waals surface area contributed by atoms with E-state index < -0.39 is 18.2 Å². The van der Waals surface area contributed by atoms with Gasteiger partial charge in [0.25, 0.3) is 5.91 Å². The normalized spacial score (nSPS) is 17.2. The van der Waals surface area contributed by atoms with Crippen LogP contribution in [0.2, 0.25) is 5.02 Å². The van der Waals surface area contributed by atoms with Crippen molar-refractivity contribution in [3.63, 3.8) is 0 Å². The molecule has 9 heteroatoms. The molecule has 0 radical (unpaired) electrons. The Balaban J connectivity index is 1.75. The van der Waals surface area contributed by atoms with E-state index in [1.54, 1.807) is 24.5 Å². The number of aryl methyl sites for hydroxylation is 1. The molecular formula is C22H30ClN3O5. The van der Waals surface area contributed by atoms with Crippen molar-refractivity contribution < 1.29 is 20.1 Å². The number of nitrogens with zero attached hydrogens (tertiary/aromatic N) is 2. The Bertz CT molecular complexity index is 933. The molecule has 8 nitrogen and oxygen atoms in total. The van der Waals surface area contributed by atoms with E-state index in [0.29, 0.717) is 5.69 Å². The van der Waals surface area contributed by atoms with Crippen LogP contribution in [0.15, 0.2) is 35.4 Å². The van der Waals surface area contributed by atoms with Crippen molar-refractivity contribution in [1.82, 2.24) is 14.5 Å². The zero-order valence-corrected chi connectivity index (χ0v) is 18.2. The van der Waals surface area contributed by atoms with Gasteiger partial charge < -0.3 is 20.6 Å². The van der Waals surface area contributed by atoms with E-state index in [4.69, 9.17) is 16.7 Å². The summed E-state index contributed by atoms with van der Waals surface area (Å²) in [5.74, 6) is -0.457. The zero-order chi connectivity index (χ0) is 22.4. The Morgan fingerprint density at radius 3 is 2.55 bits per heavy atom. The van der Waals surface area contributed by atoms with Gasteiger partial charge in [-0.05, 0) is 37.5 Å². The molecule has 1 aromatic carbocycles. The molecule has 0 bridgehead atoms. The lowest BCUT2D eigenvalue weighted by Gasteiger charge is -2.22. The van der Waals surface area contributed by atoms with Gasteiger partial charge in [0.1, 0.15) is 6.23 Å². The molecule has 1 saturated carbocycles. The van der Waals surface area contributed by atoms with Gasteiger partial charge in [0.2, 0.25) is 0 Å². The number of aromatic nitrogens is 2. The third kappa shape index (κ3) is 5.98. The first-order valence-corrected chi connectivity index (χ1v) is 11.1. The van der Waals surface area contributed by atoms with Crippen molar-refractivity contribution in [2.45, 2.75) is 63.8 Å². The molecule has 0 spiro atoms. The van der Waals surface area contributed by atoms with Crippen LogP contribution in [0.1, 0.15) is 55.3 Å². The topological polar surface area (TPSA) is 117 Å². The molecule has 0 aliphatic heterocycles. The fraction of sp³-hybridized carbons (Fsp3) is 0.545. The SMILES string of the molecule is O=C(NC(O)C1CCCCCC1)c1cc(-n2ccn(CCC(O)CO)c2=O)ccc1Cl. The molecule has 2 atom stereocenters. The average Bonchev–Trinajstić information content (AvgIpc) is 2.95. The van der Waals surface area contributed by atoms with E-state index in [1.807, 2.05) is 0 Å². The van der Waals surface area contributed by atoms with Crippen LogP contribution in [-0.2, 0) is 6.54 Å². The summed E-state index contributed by atoms with van der Waals surface area (Å²) in [6, 6.07) is 4.70. The van der Waals surface area contributed by atoms with Gasteiger partial charge in [-0.25, -0.2) is 4.79 Å². The average molecular weight is 452 g/mol. The van der Waals surface area contributed by atoms with Crippen molar-refractivity contribution in [1.29, 1.82) is 0 Å². The number of carbonyl (C=O) groups excluding carboxylic acids is 1.